The second-order valence-electron chi connectivity index (χ2n) is 6.02. The Morgan fingerprint density at radius 2 is 1.83 bits per heavy atom. The van der Waals surface area contributed by atoms with E-state index in [4.69, 9.17) is 10.5 Å². The number of nitrogens with one attached hydrogen (secondary N) is 1. The molecule has 24 heavy (non-hydrogen) atoms. The van der Waals surface area contributed by atoms with Crippen LogP contribution in [-0.2, 0) is 11.3 Å². The first kappa shape index (κ1) is 16.5. The minimum absolute atomic E-state index is 0.152. The van der Waals surface area contributed by atoms with Crippen molar-refractivity contribution in [1.29, 1.82) is 0 Å². The third-order valence-corrected chi connectivity index (χ3v) is 3.66. The van der Waals surface area contributed by atoms with Crippen LogP contribution in [0.5, 0.6) is 0 Å². The fourth-order valence-electron chi connectivity index (χ4n) is 2.84. The van der Waals surface area contributed by atoms with Gasteiger partial charge in [-0.05, 0) is 38.1 Å². The fourth-order valence-corrected chi connectivity index (χ4v) is 2.84. The van der Waals surface area contributed by atoms with Gasteiger partial charge in [-0.1, -0.05) is 0 Å². The number of ether oxygens (including phenoxy) is 1. The van der Waals surface area contributed by atoms with E-state index in [1.165, 1.54) is 12.1 Å². The lowest BCUT2D eigenvalue weighted by Crippen LogP contribution is -2.45. The molecule has 3 N–H and O–H groups in total. The maximum Gasteiger partial charge on any atom is 0.232 e. The lowest BCUT2D eigenvalue weighted by Gasteiger charge is -2.34. The molecule has 0 amide bonds. The quantitative estimate of drug-likeness (QED) is 0.884. The van der Waals surface area contributed by atoms with Crippen LogP contribution in [0, 0.1) is 5.82 Å². The summed E-state index contributed by atoms with van der Waals surface area (Å²) in [7, 11) is 0. The number of nitrogen functional groups attached to an aromatic ring is 1. The molecule has 0 bridgehead atoms. The summed E-state index contributed by atoms with van der Waals surface area (Å²) < 4.78 is 18.7. The molecule has 0 aliphatic carbocycles. The molecule has 1 fully saturated rings. The van der Waals surface area contributed by atoms with Crippen LogP contribution in [0.15, 0.2) is 24.3 Å². The van der Waals surface area contributed by atoms with Gasteiger partial charge in [-0.3, -0.25) is 4.90 Å². The molecule has 3 rings (SSSR count). The Kier molecular flexibility index (Phi) is 4.86. The molecule has 1 aliphatic rings. The van der Waals surface area contributed by atoms with Gasteiger partial charge >= 0.3 is 0 Å². The van der Waals surface area contributed by atoms with E-state index < -0.39 is 0 Å². The highest BCUT2D eigenvalue weighted by molar-refractivity contribution is 5.53. The van der Waals surface area contributed by atoms with Gasteiger partial charge in [0, 0.05) is 18.8 Å². The lowest BCUT2D eigenvalue weighted by atomic mass is 10.2. The van der Waals surface area contributed by atoms with Crippen molar-refractivity contribution in [2.45, 2.75) is 32.6 Å². The molecule has 7 nitrogen and oxygen atoms in total. The zero-order valence-electron chi connectivity index (χ0n) is 13.7. The highest BCUT2D eigenvalue weighted by atomic mass is 19.1. The number of nitrogens with two attached hydrogens (primary N) is 1. The third-order valence-electron chi connectivity index (χ3n) is 3.66. The standard InChI is InChI=1S/C16H21FN6O/c1-10-7-23(8-11(2)24-10)9-14-20-15(18)22-16(21-14)19-13-5-3-12(17)4-6-13/h3-6,10-11H,7-9H2,1-2H3,(H3,18,19,20,21,22)/t10-,11-/m1/s1. The summed E-state index contributed by atoms with van der Waals surface area (Å²) in [6.07, 6.45) is 0.342. The Labute approximate surface area is 140 Å². The molecule has 1 saturated heterocycles. The van der Waals surface area contributed by atoms with Crippen molar-refractivity contribution in [3.63, 3.8) is 0 Å². The minimum Gasteiger partial charge on any atom is -0.373 e. The molecule has 0 saturated carbocycles. The van der Waals surface area contributed by atoms with Gasteiger partial charge in [-0.2, -0.15) is 15.0 Å². The normalized spacial score (nSPS) is 21.6. The van der Waals surface area contributed by atoms with Gasteiger partial charge in [-0.15, -0.1) is 0 Å². The zero-order chi connectivity index (χ0) is 17.1. The molecule has 1 aromatic carbocycles. The molecule has 0 spiro atoms. The minimum atomic E-state index is -0.299. The SMILES string of the molecule is C[C@@H]1CN(Cc2nc(N)nc(Nc3ccc(F)cc3)n2)C[C@@H](C)O1. The predicted molar refractivity (Wildman–Crippen MR) is 89.2 cm³/mol. The molecular weight excluding hydrogens is 311 g/mol. The van der Waals surface area contributed by atoms with E-state index in [-0.39, 0.29) is 24.0 Å². The Bertz CT molecular complexity index is 685. The first-order valence-electron chi connectivity index (χ1n) is 7.89. The summed E-state index contributed by atoms with van der Waals surface area (Å²) in [5.41, 5.74) is 6.47. The van der Waals surface area contributed by atoms with E-state index in [0.29, 0.717) is 24.0 Å². The highest BCUT2D eigenvalue weighted by Crippen LogP contribution is 2.16. The van der Waals surface area contributed by atoms with Crippen LogP contribution in [0.2, 0.25) is 0 Å². The zero-order valence-corrected chi connectivity index (χ0v) is 13.7. The second-order valence-corrected chi connectivity index (χ2v) is 6.02. The van der Waals surface area contributed by atoms with Crippen molar-refractivity contribution in [1.82, 2.24) is 19.9 Å². The topological polar surface area (TPSA) is 89.2 Å². The van der Waals surface area contributed by atoms with Crippen molar-refractivity contribution >= 4 is 17.6 Å². The first-order valence-corrected chi connectivity index (χ1v) is 7.89. The molecule has 2 heterocycles. The molecular formula is C16H21FN6O. The predicted octanol–water partition coefficient (Wildman–Crippen LogP) is 1.95. The number of aromatic nitrogens is 3. The largest absolute Gasteiger partial charge is 0.373 e. The maximum absolute atomic E-state index is 13.0. The van der Waals surface area contributed by atoms with Gasteiger partial charge in [0.05, 0.1) is 18.8 Å². The average molecular weight is 332 g/mol. The van der Waals surface area contributed by atoms with E-state index in [2.05, 4.69) is 25.2 Å². The van der Waals surface area contributed by atoms with E-state index in [9.17, 15) is 4.39 Å². The fraction of sp³-hybridized carbons (Fsp3) is 0.438. The summed E-state index contributed by atoms with van der Waals surface area (Å²) >= 11 is 0. The van der Waals surface area contributed by atoms with Crippen LogP contribution in [0.1, 0.15) is 19.7 Å². The van der Waals surface area contributed by atoms with Crippen LogP contribution in [0.4, 0.5) is 22.0 Å². The van der Waals surface area contributed by atoms with Gasteiger partial charge in [0.2, 0.25) is 11.9 Å². The van der Waals surface area contributed by atoms with Gasteiger partial charge in [0.1, 0.15) is 11.6 Å². The number of hydrogen-bond donors (Lipinski definition) is 2. The number of halogens is 1. The molecule has 1 aromatic heterocycles. The van der Waals surface area contributed by atoms with Crippen LogP contribution in [0.3, 0.4) is 0 Å². The smallest absolute Gasteiger partial charge is 0.232 e. The summed E-state index contributed by atoms with van der Waals surface area (Å²) in [6.45, 7) is 6.30. The molecule has 1 aliphatic heterocycles. The van der Waals surface area contributed by atoms with E-state index in [0.717, 1.165) is 13.1 Å². The van der Waals surface area contributed by atoms with Crippen molar-refractivity contribution < 1.29 is 9.13 Å². The number of anilines is 3. The molecule has 0 radical (unpaired) electrons. The van der Waals surface area contributed by atoms with Crippen LogP contribution in [0.25, 0.3) is 0 Å². The highest BCUT2D eigenvalue weighted by Gasteiger charge is 2.23. The molecule has 2 atom stereocenters. The Morgan fingerprint density at radius 1 is 1.17 bits per heavy atom. The summed E-state index contributed by atoms with van der Waals surface area (Å²) in [4.78, 5) is 14.9. The Balaban J connectivity index is 1.72. The molecule has 2 aromatic rings. The number of benzene rings is 1. The van der Waals surface area contributed by atoms with Gasteiger partial charge in [0.15, 0.2) is 0 Å². The van der Waals surface area contributed by atoms with Crippen molar-refractivity contribution in [3.05, 3.63) is 35.9 Å². The third kappa shape index (κ3) is 4.36. The van der Waals surface area contributed by atoms with Crippen molar-refractivity contribution in [2.24, 2.45) is 0 Å². The number of morpholine rings is 1. The molecule has 8 heteroatoms. The number of rotatable bonds is 4. The first-order chi connectivity index (χ1) is 11.5. The number of hydrogen-bond acceptors (Lipinski definition) is 7. The summed E-state index contributed by atoms with van der Waals surface area (Å²) in [6, 6.07) is 5.95. The maximum atomic E-state index is 13.0. The van der Waals surface area contributed by atoms with E-state index in [1.54, 1.807) is 12.1 Å². The molecule has 128 valence electrons. The van der Waals surface area contributed by atoms with E-state index >= 15 is 0 Å². The van der Waals surface area contributed by atoms with Crippen molar-refractivity contribution in [2.75, 3.05) is 24.1 Å². The Morgan fingerprint density at radius 3 is 2.50 bits per heavy atom. The average Bonchev–Trinajstić information content (AvgIpc) is 2.48. The summed E-state index contributed by atoms with van der Waals surface area (Å²) in [5, 5.41) is 3.02. The van der Waals surface area contributed by atoms with Crippen LogP contribution >= 0.6 is 0 Å². The van der Waals surface area contributed by atoms with E-state index in [1.807, 2.05) is 13.8 Å². The van der Waals surface area contributed by atoms with Crippen molar-refractivity contribution in [3.8, 4) is 0 Å². The molecule has 0 unspecified atom stereocenters. The van der Waals surface area contributed by atoms with Crippen LogP contribution in [-0.4, -0.2) is 45.1 Å². The number of nitrogens with zero attached hydrogens (tertiary/aromatic N) is 4. The van der Waals surface area contributed by atoms with Crippen LogP contribution < -0.4 is 11.1 Å². The van der Waals surface area contributed by atoms with Gasteiger partial charge in [0.25, 0.3) is 0 Å². The lowest BCUT2D eigenvalue weighted by molar-refractivity contribution is -0.0710. The monoisotopic (exact) mass is 332 g/mol. The van der Waals surface area contributed by atoms with Gasteiger partial charge in [-0.25, -0.2) is 4.39 Å². The Hall–Kier alpha value is -2.32. The summed E-state index contributed by atoms with van der Waals surface area (Å²) in [5.74, 6) is 0.790. The second kappa shape index (κ2) is 7.06. The van der Waals surface area contributed by atoms with Gasteiger partial charge < -0.3 is 15.8 Å².